The first kappa shape index (κ1) is 12.3. The Bertz CT molecular complexity index is 629. The van der Waals surface area contributed by atoms with E-state index in [1.165, 1.54) is 11.3 Å². The fraction of sp³-hybridized carbons (Fsp3) is 0.167. The van der Waals surface area contributed by atoms with E-state index in [9.17, 15) is 4.79 Å². The van der Waals surface area contributed by atoms with Crippen molar-refractivity contribution in [1.82, 2.24) is 4.98 Å². The molecule has 1 amide bonds. The van der Waals surface area contributed by atoms with Gasteiger partial charge in [-0.3, -0.25) is 4.79 Å². The van der Waals surface area contributed by atoms with Crippen LogP contribution in [0.25, 0.3) is 21.7 Å². The van der Waals surface area contributed by atoms with Crippen LogP contribution in [-0.2, 0) is 6.42 Å². The van der Waals surface area contributed by atoms with Gasteiger partial charge >= 0.3 is 0 Å². The lowest BCUT2D eigenvalue weighted by Gasteiger charge is -2.05. The van der Waals surface area contributed by atoms with E-state index in [0.717, 1.165) is 17.5 Å². The van der Waals surface area contributed by atoms with Crippen LogP contribution in [0.3, 0.4) is 0 Å². The molecule has 0 atom stereocenters. The number of thiazole rings is 1. The smallest absolute Gasteiger partial charge is 0.261 e. The molecule has 0 aliphatic carbocycles. The Hall–Kier alpha value is -2.17. The summed E-state index contributed by atoms with van der Waals surface area (Å²) in [5.41, 5.74) is 12.5. The maximum absolute atomic E-state index is 11.6. The molecular formula is C12H10N4OS. The van der Waals surface area contributed by atoms with Gasteiger partial charge in [-0.1, -0.05) is 31.2 Å². The van der Waals surface area contributed by atoms with Gasteiger partial charge in [-0.05, 0) is 22.6 Å². The Balaban J connectivity index is 2.55. The molecule has 2 rings (SSSR count). The van der Waals surface area contributed by atoms with E-state index in [1.807, 2.05) is 31.2 Å². The van der Waals surface area contributed by atoms with Crippen molar-refractivity contribution in [2.24, 2.45) is 5.11 Å². The molecule has 0 N–H and O–H groups in total. The van der Waals surface area contributed by atoms with Crippen LogP contribution in [0.2, 0.25) is 0 Å². The third-order valence-corrected chi connectivity index (χ3v) is 3.37. The second-order valence-corrected chi connectivity index (χ2v) is 4.39. The van der Waals surface area contributed by atoms with Crippen LogP contribution in [0.1, 0.15) is 22.2 Å². The van der Waals surface area contributed by atoms with Gasteiger partial charge in [-0.25, -0.2) is 4.98 Å². The number of carbonyl (C=O) groups is 1. The quantitative estimate of drug-likeness (QED) is 0.476. The highest BCUT2D eigenvalue weighted by atomic mass is 32.1. The molecule has 0 radical (unpaired) electrons. The van der Waals surface area contributed by atoms with Crippen molar-refractivity contribution in [3.05, 3.63) is 50.7 Å². The van der Waals surface area contributed by atoms with Crippen molar-refractivity contribution in [2.45, 2.75) is 13.3 Å². The fourth-order valence-corrected chi connectivity index (χ4v) is 2.41. The number of amides is 1. The highest BCUT2D eigenvalue weighted by Crippen LogP contribution is 2.29. The van der Waals surface area contributed by atoms with Gasteiger partial charge in [0.2, 0.25) is 0 Å². The zero-order valence-electron chi connectivity index (χ0n) is 9.70. The lowest BCUT2D eigenvalue weighted by Crippen LogP contribution is -1.95. The van der Waals surface area contributed by atoms with Gasteiger partial charge in [0.1, 0.15) is 4.88 Å². The van der Waals surface area contributed by atoms with Crippen LogP contribution in [-0.4, -0.2) is 10.9 Å². The van der Waals surface area contributed by atoms with Gasteiger partial charge in [-0.15, -0.1) is 11.3 Å². The highest BCUT2D eigenvalue weighted by Gasteiger charge is 2.16. The number of rotatable bonds is 3. The maximum atomic E-state index is 11.6. The summed E-state index contributed by atoms with van der Waals surface area (Å²) >= 11 is 1.19. The highest BCUT2D eigenvalue weighted by molar-refractivity contribution is 7.12. The van der Waals surface area contributed by atoms with Crippen molar-refractivity contribution in [1.29, 1.82) is 0 Å². The third-order valence-electron chi connectivity index (χ3n) is 2.55. The first-order valence-corrected chi connectivity index (χ1v) is 6.27. The van der Waals surface area contributed by atoms with E-state index >= 15 is 0 Å². The molecule has 0 spiro atoms. The normalized spacial score (nSPS) is 9.83. The molecule has 0 unspecified atom stereocenters. The lowest BCUT2D eigenvalue weighted by atomic mass is 10.0. The molecule has 6 heteroatoms. The summed E-state index contributed by atoms with van der Waals surface area (Å²) < 4.78 is 0. The predicted molar refractivity (Wildman–Crippen MR) is 70.4 cm³/mol. The largest absolute Gasteiger partial charge is 0.286 e. The average molecular weight is 258 g/mol. The molecule has 1 aromatic heterocycles. The van der Waals surface area contributed by atoms with Crippen LogP contribution >= 0.6 is 11.3 Å². The number of azide groups is 1. The minimum Gasteiger partial charge on any atom is -0.286 e. The zero-order valence-corrected chi connectivity index (χ0v) is 10.5. The second kappa shape index (κ2) is 5.44. The number of aryl methyl sites for hydroxylation is 1. The Morgan fingerprint density at radius 1 is 1.50 bits per heavy atom. The van der Waals surface area contributed by atoms with Crippen molar-refractivity contribution in [3.63, 3.8) is 0 Å². The summed E-state index contributed by atoms with van der Waals surface area (Å²) in [6, 6.07) is 7.76. The topological polar surface area (TPSA) is 78.7 Å². The Kier molecular flexibility index (Phi) is 3.72. The second-order valence-electron chi connectivity index (χ2n) is 3.54. The van der Waals surface area contributed by atoms with Crippen molar-refractivity contribution in [3.8, 4) is 11.3 Å². The van der Waals surface area contributed by atoms with Crippen LogP contribution in [0.4, 0.5) is 0 Å². The molecule has 5 nitrogen and oxygen atoms in total. The number of benzene rings is 1. The minimum atomic E-state index is -0.582. The first-order valence-electron chi connectivity index (χ1n) is 5.39. The van der Waals surface area contributed by atoms with E-state index in [4.69, 9.17) is 5.53 Å². The summed E-state index contributed by atoms with van der Waals surface area (Å²) in [5, 5.41) is 3.12. The Morgan fingerprint density at radius 2 is 2.28 bits per heavy atom. The summed E-state index contributed by atoms with van der Waals surface area (Å²) in [5.74, 6) is -0.582. The SMILES string of the molecule is CCc1ccccc1-c1ncsc1C(=O)N=[N+]=[N-]. The van der Waals surface area contributed by atoms with Gasteiger partial charge in [-0.2, -0.15) is 0 Å². The summed E-state index contributed by atoms with van der Waals surface area (Å²) in [6.45, 7) is 2.04. The summed E-state index contributed by atoms with van der Waals surface area (Å²) in [7, 11) is 0. The molecule has 0 aliphatic rings. The molecule has 90 valence electrons. The summed E-state index contributed by atoms with van der Waals surface area (Å²) in [6.07, 6.45) is 0.850. The number of carbonyl (C=O) groups excluding carboxylic acids is 1. The molecule has 0 aliphatic heterocycles. The van der Waals surface area contributed by atoms with Gasteiger partial charge in [0.25, 0.3) is 5.91 Å². The van der Waals surface area contributed by atoms with Gasteiger partial charge in [0.05, 0.1) is 11.2 Å². The summed E-state index contributed by atoms with van der Waals surface area (Å²) in [4.78, 5) is 18.8. The first-order chi connectivity index (χ1) is 8.77. The molecular weight excluding hydrogens is 248 g/mol. The molecule has 0 saturated heterocycles. The van der Waals surface area contributed by atoms with Crippen LogP contribution in [0.15, 0.2) is 34.9 Å². The number of aromatic nitrogens is 1. The van der Waals surface area contributed by atoms with Gasteiger partial charge in [0, 0.05) is 10.5 Å². The minimum absolute atomic E-state index is 0.383. The van der Waals surface area contributed by atoms with Gasteiger partial charge in [0.15, 0.2) is 0 Å². The lowest BCUT2D eigenvalue weighted by molar-refractivity contribution is 0.100. The van der Waals surface area contributed by atoms with Crippen molar-refractivity contribution < 1.29 is 4.79 Å². The van der Waals surface area contributed by atoms with Crippen molar-refractivity contribution >= 4 is 17.2 Å². The number of hydrogen-bond donors (Lipinski definition) is 0. The fourth-order valence-electron chi connectivity index (χ4n) is 1.74. The molecule has 0 saturated carbocycles. The molecule has 18 heavy (non-hydrogen) atoms. The zero-order chi connectivity index (χ0) is 13.0. The van der Waals surface area contributed by atoms with E-state index in [-0.39, 0.29) is 0 Å². The molecule has 1 aromatic carbocycles. The van der Waals surface area contributed by atoms with E-state index in [1.54, 1.807) is 5.51 Å². The number of nitrogens with zero attached hydrogens (tertiary/aromatic N) is 4. The van der Waals surface area contributed by atoms with E-state index in [0.29, 0.717) is 10.6 Å². The molecule has 0 fully saturated rings. The Morgan fingerprint density at radius 3 is 3.00 bits per heavy atom. The molecule has 1 heterocycles. The van der Waals surface area contributed by atoms with Gasteiger partial charge < -0.3 is 0 Å². The van der Waals surface area contributed by atoms with Crippen LogP contribution in [0.5, 0.6) is 0 Å². The predicted octanol–water partition coefficient (Wildman–Crippen LogP) is 3.82. The van der Waals surface area contributed by atoms with E-state index in [2.05, 4.69) is 15.0 Å². The van der Waals surface area contributed by atoms with Crippen LogP contribution < -0.4 is 0 Å². The third kappa shape index (κ3) is 2.25. The van der Waals surface area contributed by atoms with Crippen LogP contribution in [0, 0.1) is 0 Å². The molecule has 0 bridgehead atoms. The standard InChI is InChI=1S/C12H10N4OS/c1-2-8-5-3-4-6-9(8)10-11(18-7-14-10)12(17)15-16-13/h3-7H,2H2,1H3. The maximum Gasteiger partial charge on any atom is 0.261 e. The Labute approximate surface area is 108 Å². The monoisotopic (exact) mass is 258 g/mol. The average Bonchev–Trinajstić information content (AvgIpc) is 2.88. The van der Waals surface area contributed by atoms with E-state index < -0.39 is 5.91 Å². The van der Waals surface area contributed by atoms with Crippen molar-refractivity contribution in [2.75, 3.05) is 0 Å². The molecule has 2 aromatic rings. The number of hydrogen-bond acceptors (Lipinski definition) is 3.